The van der Waals surface area contributed by atoms with Crippen molar-refractivity contribution in [2.24, 2.45) is 5.18 Å². The third-order valence-electron chi connectivity index (χ3n) is 0.967. The van der Waals surface area contributed by atoms with E-state index in [9.17, 15) is 4.91 Å². The van der Waals surface area contributed by atoms with Gasteiger partial charge in [0, 0.05) is 0 Å². The highest BCUT2D eigenvalue weighted by atomic mass is 35.5. The van der Waals surface area contributed by atoms with Crippen LogP contribution in [-0.4, -0.2) is 4.98 Å². The van der Waals surface area contributed by atoms with Gasteiger partial charge in [-0.1, -0.05) is 11.6 Å². The molecule has 0 unspecified atom stereocenters. The number of pyridine rings is 1. The summed E-state index contributed by atoms with van der Waals surface area (Å²) >= 11 is 5.44. The predicted octanol–water partition coefficient (Wildman–Crippen LogP) is 1.72. The van der Waals surface area contributed by atoms with Crippen molar-refractivity contribution >= 4 is 23.1 Å². The van der Waals surface area contributed by atoms with Gasteiger partial charge in [-0.25, -0.2) is 4.98 Å². The van der Waals surface area contributed by atoms with E-state index in [-0.39, 0.29) is 16.7 Å². The zero-order valence-electron chi connectivity index (χ0n) is 4.91. The molecule has 0 radical (unpaired) electrons. The molecule has 1 aromatic heterocycles. The smallest absolute Gasteiger partial charge is 0.154 e. The fourth-order valence-corrected chi connectivity index (χ4v) is 0.674. The van der Waals surface area contributed by atoms with Crippen LogP contribution in [0.4, 0.5) is 11.5 Å². The number of aromatic nitrogens is 1. The fourth-order valence-electron chi connectivity index (χ4n) is 0.520. The summed E-state index contributed by atoms with van der Waals surface area (Å²) in [7, 11) is 0. The summed E-state index contributed by atoms with van der Waals surface area (Å²) in [4.78, 5) is 13.5. The predicted molar refractivity (Wildman–Crippen MR) is 39.1 cm³/mol. The van der Waals surface area contributed by atoms with Gasteiger partial charge >= 0.3 is 0 Å². The number of nitrogen functional groups attached to an aromatic ring is 1. The van der Waals surface area contributed by atoms with Crippen LogP contribution in [0.3, 0.4) is 0 Å². The number of rotatable bonds is 1. The van der Waals surface area contributed by atoms with Gasteiger partial charge in [-0.3, -0.25) is 0 Å². The highest BCUT2D eigenvalue weighted by Crippen LogP contribution is 2.20. The van der Waals surface area contributed by atoms with Crippen LogP contribution in [0.5, 0.6) is 0 Å². The second-order valence-corrected chi connectivity index (χ2v) is 2.02. The Labute approximate surface area is 62.0 Å². The minimum Gasteiger partial charge on any atom is -0.382 e. The molecular formula is C5H4ClN3O. The van der Waals surface area contributed by atoms with Crippen LogP contribution in [-0.2, 0) is 0 Å². The van der Waals surface area contributed by atoms with Crippen LogP contribution in [0.1, 0.15) is 0 Å². The highest BCUT2D eigenvalue weighted by Gasteiger charge is 1.99. The SMILES string of the molecule is Nc1nc(Cl)ccc1N=O. The summed E-state index contributed by atoms with van der Waals surface area (Å²) in [5, 5.41) is 2.87. The highest BCUT2D eigenvalue weighted by molar-refractivity contribution is 6.29. The van der Waals surface area contributed by atoms with Crippen molar-refractivity contribution in [1.29, 1.82) is 0 Å². The zero-order chi connectivity index (χ0) is 7.56. The Kier molecular flexibility index (Phi) is 1.82. The molecule has 0 saturated heterocycles. The van der Waals surface area contributed by atoms with Crippen molar-refractivity contribution in [2.75, 3.05) is 5.73 Å². The molecule has 0 spiro atoms. The first kappa shape index (κ1) is 6.95. The van der Waals surface area contributed by atoms with Crippen LogP contribution >= 0.6 is 11.6 Å². The van der Waals surface area contributed by atoms with Crippen molar-refractivity contribution in [2.45, 2.75) is 0 Å². The first-order valence-electron chi connectivity index (χ1n) is 2.49. The van der Waals surface area contributed by atoms with Crippen LogP contribution < -0.4 is 5.73 Å². The molecule has 0 aliphatic carbocycles. The molecule has 1 aromatic rings. The lowest BCUT2D eigenvalue weighted by Crippen LogP contribution is -1.89. The molecule has 2 N–H and O–H groups in total. The molecule has 0 atom stereocenters. The molecule has 0 amide bonds. The maximum Gasteiger partial charge on any atom is 0.154 e. The Morgan fingerprint density at radius 1 is 1.60 bits per heavy atom. The maximum atomic E-state index is 9.93. The zero-order valence-corrected chi connectivity index (χ0v) is 5.67. The van der Waals surface area contributed by atoms with Gasteiger partial charge in [0.05, 0.1) is 0 Å². The summed E-state index contributed by atoms with van der Waals surface area (Å²) in [6, 6.07) is 2.87. The number of halogens is 1. The molecule has 1 heterocycles. The van der Waals surface area contributed by atoms with Gasteiger partial charge in [0.15, 0.2) is 5.82 Å². The average molecular weight is 158 g/mol. The lowest BCUT2D eigenvalue weighted by Gasteiger charge is -1.93. The van der Waals surface area contributed by atoms with Gasteiger partial charge in [-0.05, 0) is 17.3 Å². The van der Waals surface area contributed by atoms with E-state index in [0.717, 1.165) is 0 Å². The molecule has 0 aliphatic heterocycles. The lowest BCUT2D eigenvalue weighted by molar-refractivity contribution is 1.31. The van der Waals surface area contributed by atoms with Gasteiger partial charge in [0.2, 0.25) is 0 Å². The minimum atomic E-state index is 0.0579. The molecule has 0 bridgehead atoms. The summed E-state index contributed by atoms with van der Waals surface area (Å²) in [6.45, 7) is 0. The van der Waals surface area contributed by atoms with Gasteiger partial charge in [0.1, 0.15) is 10.8 Å². The summed E-state index contributed by atoms with van der Waals surface area (Å²) in [5.74, 6) is 0.0579. The molecule has 0 aromatic carbocycles. The standard InChI is InChI=1S/C5H4ClN3O/c6-4-2-1-3(9-10)5(7)8-4/h1-2H,(H2,7,8). The Balaban J connectivity index is 3.19. The van der Waals surface area contributed by atoms with Gasteiger partial charge < -0.3 is 5.73 Å². The van der Waals surface area contributed by atoms with Crippen molar-refractivity contribution in [1.82, 2.24) is 4.98 Å². The van der Waals surface area contributed by atoms with E-state index in [0.29, 0.717) is 0 Å². The molecule has 1 rings (SSSR count). The topological polar surface area (TPSA) is 68.3 Å². The van der Waals surface area contributed by atoms with E-state index < -0.39 is 0 Å². The van der Waals surface area contributed by atoms with Crippen molar-refractivity contribution in [3.05, 3.63) is 22.2 Å². The Hall–Kier alpha value is -1.16. The molecule has 0 aliphatic rings. The largest absolute Gasteiger partial charge is 0.382 e. The maximum absolute atomic E-state index is 9.93. The monoisotopic (exact) mass is 157 g/mol. The number of hydrogen-bond donors (Lipinski definition) is 1. The number of nitrogens with two attached hydrogens (primary N) is 1. The minimum absolute atomic E-state index is 0.0579. The Morgan fingerprint density at radius 3 is 2.80 bits per heavy atom. The van der Waals surface area contributed by atoms with Crippen LogP contribution in [0, 0.1) is 4.91 Å². The number of nitrogens with zero attached hydrogens (tertiary/aromatic N) is 2. The quantitative estimate of drug-likeness (QED) is 0.499. The third-order valence-corrected chi connectivity index (χ3v) is 1.18. The summed E-state index contributed by atoms with van der Waals surface area (Å²) in [6.07, 6.45) is 0. The van der Waals surface area contributed by atoms with E-state index in [1.165, 1.54) is 12.1 Å². The van der Waals surface area contributed by atoms with Crippen molar-refractivity contribution < 1.29 is 0 Å². The van der Waals surface area contributed by atoms with E-state index in [4.69, 9.17) is 17.3 Å². The van der Waals surface area contributed by atoms with E-state index in [1.807, 2.05) is 0 Å². The Morgan fingerprint density at radius 2 is 2.30 bits per heavy atom. The second kappa shape index (κ2) is 2.62. The number of hydrogen-bond acceptors (Lipinski definition) is 4. The fraction of sp³-hybridized carbons (Fsp3) is 0. The molecule has 5 heteroatoms. The first-order valence-corrected chi connectivity index (χ1v) is 2.87. The summed E-state index contributed by atoms with van der Waals surface area (Å²) in [5.41, 5.74) is 5.36. The molecule has 0 fully saturated rings. The molecule has 52 valence electrons. The normalized spacial score (nSPS) is 9.30. The van der Waals surface area contributed by atoms with Gasteiger partial charge in [0.25, 0.3) is 0 Å². The average Bonchev–Trinajstić information content (AvgIpc) is 1.88. The van der Waals surface area contributed by atoms with E-state index in [1.54, 1.807) is 0 Å². The summed E-state index contributed by atoms with van der Waals surface area (Å²) < 4.78 is 0. The Bertz CT molecular complexity index is 263. The van der Waals surface area contributed by atoms with Crippen LogP contribution in [0.2, 0.25) is 5.15 Å². The van der Waals surface area contributed by atoms with Crippen LogP contribution in [0.25, 0.3) is 0 Å². The molecule has 10 heavy (non-hydrogen) atoms. The first-order chi connectivity index (χ1) is 4.74. The van der Waals surface area contributed by atoms with E-state index >= 15 is 0 Å². The van der Waals surface area contributed by atoms with Gasteiger partial charge in [-0.15, -0.1) is 4.91 Å². The molecule has 0 saturated carbocycles. The third kappa shape index (κ3) is 1.22. The van der Waals surface area contributed by atoms with Crippen molar-refractivity contribution in [3.8, 4) is 0 Å². The molecule has 4 nitrogen and oxygen atoms in total. The van der Waals surface area contributed by atoms with Crippen LogP contribution in [0.15, 0.2) is 17.3 Å². The van der Waals surface area contributed by atoms with Gasteiger partial charge in [-0.2, -0.15) is 0 Å². The van der Waals surface area contributed by atoms with Crippen molar-refractivity contribution in [3.63, 3.8) is 0 Å². The number of anilines is 1. The van der Waals surface area contributed by atoms with E-state index in [2.05, 4.69) is 10.2 Å². The number of nitroso groups, excluding NO2 is 1. The second-order valence-electron chi connectivity index (χ2n) is 1.63. The molecular weight excluding hydrogens is 154 g/mol. The lowest BCUT2D eigenvalue weighted by atomic mass is 10.4.